The van der Waals surface area contributed by atoms with Crippen LogP contribution < -0.4 is 0 Å². The number of allylic oxidation sites excluding steroid dienone is 4. The number of unbranched alkanes of at least 4 members (excludes halogenated alkanes) is 1. The normalized spacial score (nSPS) is 7.69. The van der Waals surface area contributed by atoms with Gasteiger partial charge in [0.2, 0.25) is 0 Å². The van der Waals surface area contributed by atoms with Gasteiger partial charge in [0.1, 0.15) is 0 Å². The maximum atomic E-state index is 7.27. The van der Waals surface area contributed by atoms with Gasteiger partial charge in [0, 0.05) is 0 Å². The topological polar surface area (TPSA) is 23.8 Å². The van der Waals surface area contributed by atoms with Crippen LogP contribution in [0.3, 0.4) is 0 Å². The Hall–Kier alpha value is 0.180. The van der Waals surface area contributed by atoms with Crippen molar-refractivity contribution in [2.24, 2.45) is 0 Å². The van der Waals surface area contributed by atoms with E-state index in [2.05, 4.69) is 19.1 Å². The number of rotatable bonds is 3. The second kappa shape index (κ2) is 44.5. The molecule has 1 nitrogen and oxygen atoms in total. The molecule has 0 spiro atoms. The molecule has 0 heterocycles. The average Bonchev–Trinajstić information content (AvgIpc) is 3.00. The Balaban J connectivity index is -0.0000000246. The van der Waals surface area contributed by atoms with Crippen molar-refractivity contribution < 1.29 is 23.3 Å². The fourth-order valence-electron chi connectivity index (χ4n) is 1.39. The van der Waals surface area contributed by atoms with Gasteiger partial charge in [0.05, 0.1) is 0 Å². The van der Waals surface area contributed by atoms with Gasteiger partial charge in [-0.2, -0.15) is 6.08 Å². The van der Waals surface area contributed by atoms with Crippen LogP contribution in [0.2, 0.25) is 0 Å². The van der Waals surface area contributed by atoms with Gasteiger partial charge < -0.3 is 50.3 Å². The summed E-state index contributed by atoms with van der Waals surface area (Å²) in [5.74, 6) is 0. The Kier molecular flexibility index (Phi) is 96.3. The molecule has 0 saturated heterocycles. The zero-order valence-corrected chi connectivity index (χ0v) is 23.4. The molecule has 0 saturated carbocycles. The van der Waals surface area contributed by atoms with Gasteiger partial charge in [0.15, 0.2) is 0 Å². The molecule has 0 aromatic heterocycles. The van der Waals surface area contributed by atoms with Crippen LogP contribution in [0.15, 0.2) is 42.5 Å². The number of hydrogen-bond acceptors (Lipinski definition) is 0. The Morgan fingerprint density at radius 2 is 1.42 bits per heavy atom. The summed E-state index contributed by atoms with van der Waals surface area (Å²) in [6.45, 7) is 4.14. The minimum absolute atomic E-state index is 0. The summed E-state index contributed by atoms with van der Waals surface area (Å²) in [4.78, 5) is 0. The minimum atomic E-state index is 0. The number of hydrogen-bond donors (Lipinski definition) is 0. The third-order valence-electron chi connectivity index (χ3n) is 2.36. The fourth-order valence-corrected chi connectivity index (χ4v) is 1.39. The van der Waals surface area contributed by atoms with Crippen LogP contribution in [0, 0.1) is 50.6 Å². The molecule has 2 rings (SSSR count). The summed E-state index contributed by atoms with van der Waals surface area (Å²) in [5.41, 5.74) is 9.22. The summed E-state index contributed by atoms with van der Waals surface area (Å²) in [6, 6.07) is 7.78. The third kappa shape index (κ3) is 35.3. The molecule has 0 amide bonds. The van der Waals surface area contributed by atoms with Crippen molar-refractivity contribution in [3.63, 3.8) is 0 Å². The van der Waals surface area contributed by atoms with Gasteiger partial charge in [-0.05, 0) is 18.4 Å². The van der Waals surface area contributed by atoms with E-state index in [0.717, 1.165) is 12.8 Å². The Labute approximate surface area is 196 Å². The van der Waals surface area contributed by atoms with Gasteiger partial charge in [0.25, 0.3) is 0 Å². The summed E-state index contributed by atoms with van der Waals surface area (Å²) in [7, 11) is 0. The Morgan fingerprint density at radius 3 is 1.69 bits per heavy atom. The summed E-state index contributed by atoms with van der Waals surface area (Å²) in [6.07, 6.45) is 13.6. The first kappa shape index (κ1) is 56.2. The number of nitrogens with one attached hydrogen (secondary N) is 1. The van der Waals surface area contributed by atoms with Crippen LogP contribution in [0.5, 0.6) is 0 Å². The summed E-state index contributed by atoms with van der Waals surface area (Å²) < 4.78 is 0. The molecule has 26 heavy (non-hydrogen) atoms. The predicted molar refractivity (Wildman–Crippen MR) is 132 cm³/mol. The van der Waals surface area contributed by atoms with Crippen LogP contribution in [0.25, 0.3) is 5.73 Å². The van der Waals surface area contributed by atoms with E-state index in [1.54, 1.807) is 23.3 Å². The van der Waals surface area contributed by atoms with E-state index in [0.29, 0.717) is 5.69 Å². The standard InChI is InChI=1S/C10H14N.C5H5.6CH3.2ClH.H2Si.Zr/c1-2-3-4-9-5-7-10(11)8-6-9;1-2-4-5-3-1;;;;;;;;;;/h5-8,11H,2-4H2,1H3;1-3H,4H2;6*1H3;2*1H;1H2;/q8*-1;;;;. The summed E-state index contributed by atoms with van der Waals surface area (Å²) >= 11 is 1.58. The number of aryl methyl sites for hydroxylation is 1. The fraction of sp³-hybridized carbons (Fsp3) is 0.238. The van der Waals surface area contributed by atoms with Gasteiger partial charge >= 0.3 is 30.2 Å². The van der Waals surface area contributed by atoms with Crippen molar-refractivity contribution >= 4 is 37.4 Å². The Bertz CT molecular complexity index is 359. The van der Waals surface area contributed by atoms with Gasteiger partial charge in [-0.15, -0.1) is 36.9 Å². The number of benzene rings is 1. The number of halogens is 2. The van der Waals surface area contributed by atoms with Crippen LogP contribution in [0.1, 0.15) is 31.7 Å². The van der Waals surface area contributed by atoms with E-state index in [4.69, 9.17) is 5.73 Å². The van der Waals surface area contributed by atoms with E-state index in [1.807, 2.05) is 43.3 Å². The van der Waals surface area contributed by atoms with Gasteiger partial charge in [-0.25, -0.2) is 12.2 Å². The van der Waals surface area contributed by atoms with Crippen LogP contribution >= 0.6 is 24.8 Å². The zero-order chi connectivity index (χ0) is 13.6. The van der Waals surface area contributed by atoms with E-state index in [1.165, 1.54) is 18.4 Å². The van der Waals surface area contributed by atoms with E-state index in [9.17, 15) is 0 Å². The SMILES string of the molecule is CCCCc1ccc([NH-])cc1.Cl.Cl.[C-]1=CC=CC1.[CH3-].[CH3-].[CH3-].[CH3-].[CH3-].[CH3-].[SiH2]=[Zr]. The quantitative estimate of drug-likeness (QED) is 0.303. The van der Waals surface area contributed by atoms with Gasteiger partial charge in [-0.3, -0.25) is 6.08 Å². The molecule has 1 N–H and O–H groups in total. The van der Waals surface area contributed by atoms with Crippen LogP contribution in [0.4, 0.5) is 5.69 Å². The third-order valence-corrected chi connectivity index (χ3v) is 2.36. The van der Waals surface area contributed by atoms with E-state index >= 15 is 0 Å². The first-order chi connectivity index (χ1) is 8.83. The molecule has 0 aliphatic heterocycles. The second-order valence-electron chi connectivity index (χ2n) is 3.80. The molecule has 160 valence electrons. The summed E-state index contributed by atoms with van der Waals surface area (Å²) in [5, 5.41) is 0. The van der Waals surface area contributed by atoms with Gasteiger partial charge in [-0.1, -0.05) is 37.6 Å². The van der Waals surface area contributed by atoms with Crippen molar-refractivity contribution in [2.75, 3.05) is 0 Å². The van der Waals surface area contributed by atoms with E-state index < -0.39 is 0 Å². The van der Waals surface area contributed by atoms with Crippen molar-refractivity contribution in [1.29, 1.82) is 0 Å². The van der Waals surface area contributed by atoms with Crippen molar-refractivity contribution in [3.05, 3.63) is 104 Å². The second-order valence-corrected chi connectivity index (χ2v) is 3.80. The monoisotopic (exact) mass is 495 g/mol. The first-order valence-electron chi connectivity index (χ1n) is 6.20. The molecule has 1 aliphatic carbocycles. The molecule has 5 heteroatoms. The molecule has 0 atom stereocenters. The molecule has 0 bridgehead atoms. The van der Waals surface area contributed by atoms with Crippen molar-refractivity contribution in [1.82, 2.24) is 0 Å². The molecule has 1 aliphatic rings. The van der Waals surface area contributed by atoms with Crippen molar-refractivity contribution in [2.45, 2.75) is 32.6 Å². The predicted octanol–water partition coefficient (Wildman–Crippen LogP) is 7.65. The van der Waals surface area contributed by atoms with Crippen LogP contribution in [-0.4, -0.2) is 6.88 Å². The Morgan fingerprint density at radius 1 is 0.962 bits per heavy atom. The van der Waals surface area contributed by atoms with E-state index in [-0.39, 0.29) is 69.4 Å². The molecular formula is C21H41Cl2NSiZr-8. The molecule has 0 radical (unpaired) electrons. The van der Waals surface area contributed by atoms with Crippen molar-refractivity contribution in [3.8, 4) is 0 Å². The molecule has 0 unspecified atom stereocenters. The maximum absolute atomic E-state index is 7.27. The first-order valence-corrected chi connectivity index (χ1v) is 12.1. The molecule has 1 aromatic carbocycles. The molecule has 0 fully saturated rings. The molecule has 1 aromatic rings. The average molecular weight is 498 g/mol. The van der Waals surface area contributed by atoms with Crippen LogP contribution in [-0.2, 0) is 29.8 Å². The zero-order valence-electron chi connectivity index (χ0n) is 17.9. The molecular weight excluding hydrogens is 456 g/mol.